The molecule has 1 aliphatic heterocycles. The van der Waals surface area contributed by atoms with Gasteiger partial charge in [0.05, 0.1) is 12.3 Å². The van der Waals surface area contributed by atoms with Crippen LogP contribution in [0.2, 0.25) is 0 Å². The molecule has 0 unspecified atom stereocenters. The molecular weight excluding hydrogens is 274 g/mol. The molecule has 1 aromatic carbocycles. The van der Waals surface area contributed by atoms with Crippen LogP contribution >= 0.6 is 0 Å². The first-order chi connectivity index (χ1) is 10.6. The third kappa shape index (κ3) is 3.33. The van der Waals surface area contributed by atoms with Crippen LogP contribution in [0, 0.1) is 13.8 Å². The normalized spacial score (nSPS) is 13.5. The fourth-order valence-electron chi connectivity index (χ4n) is 3.20. The van der Waals surface area contributed by atoms with Gasteiger partial charge in [0.25, 0.3) is 0 Å². The molecule has 0 fully saturated rings. The van der Waals surface area contributed by atoms with E-state index in [0.29, 0.717) is 0 Å². The van der Waals surface area contributed by atoms with E-state index in [0.717, 1.165) is 50.4 Å². The Morgan fingerprint density at radius 2 is 2.18 bits per heavy atom. The number of rotatable bonds is 6. The summed E-state index contributed by atoms with van der Waals surface area (Å²) in [5.41, 5.74) is 6.46. The molecular formula is C18H25N3O. The fourth-order valence-corrected chi connectivity index (χ4v) is 3.20. The van der Waals surface area contributed by atoms with Gasteiger partial charge in [-0.1, -0.05) is 12.1 Å². The van der Waals surface area contributed by atoms with Gasteiger partial charge in [0, 0.05) is 18.7 Å². The Kier molecular flexibility index (Phi) is 4.48. The number of hydrogen-bond acceptors (Lipinski definition) is 3. The van der Waals surface area contributed by atoms with Crippen molar-refractivity contribution >= 4 is 0 Å². The van der Waals surface area contributed by atoms with Gasteiger partial charge in [0.15, 0.2) is 0 Å². The predicted octanol–water partition coefficient (Wildman–Crippen LogP) is 3.03. The molecule has 4 heteroatoms. The summed E-state index contributed by atoms with van der Waals surface area (Å²) in [6.07, 6.45) is 3.30. The van der Waals surface area contributed by atoms with Crippen LogP contribution in [0.25, 0.3) is 0 Å². The van der Waals surface area contributed by atoms with Crippen LogP contribution in [-0.2, 0) is 19.4 Å². The van der Waals surface area contributed by atoms with Gasteiger partial charge in [0.2, 0.25) is 0 Å². The summed E-state index contributed by atoms with van der Waals surface area (Å²) < 4.78 is 5.56. The highest BCUT2D eigenvalue weighted by Gasteiger charge is 2.12. The number of aryl methyl sites for hydroxylation is 2. The number of hydrogen-bond donors (Lipinski definition) is 1. The van der Waals surface area contributed by atoms with Crippen molar-refractivity contribution in [2.75, 3.05) is 20.2 Å². The molecule has 0 radical (unpaired) electrons. The van der Waals surface area contributed by atoms with E-state index in [1.807, 2.05) is 0 Å². The molecule has 1 N–H and O–H groups in total. The molecule has 0 saturated heterocycles. The number of ether oxygens (including phenoxy) is 1. The number of fused-ring (bicyclic) bond motifs is 1. The third-order valence-corrected chi connectivity index (χ3v) is 4.45. The van der Waals surface area contributed by atoms with Crippen LogP contribution in [0.3, 0.4) is 0 Å². The molecule has 0 amide bonds. The Balaban J connectivity index is 1.49. The van der Waals surface area contributed by atoms with E-state index in [4.69, 9.17) is 4.74 Å². The lowest BCUT2D eigenvalue weighted by molar-refractivity contribution is 0.322. The molecule has 0 bridgehead atoms. The zero-order valence-corrected chi connectivity index (χ0v) is 13.8. The Bertz CT molecular complexity index is 628. The van der Waals surface area contributed by atoms with Crippen molar-refractivity contribution in [1.29, 1.82) is 0 Å². The maximum atomic E-state index is 5.56. The largest absolute Gasteiger partial charge is 0.493 e. The van der Waals surface area contributed by atoms with Crippen molar-refractivity contribution in [2.24, 2.45) is 0 Å². The van der Waals surface area contributed by atoms with Crippen molar-refractivity contribution in [2.45, 2.75) is 39.7 Å². The number of nitrogens with one attached hydrogen (secondary N) is 1. The van der Waals surface area contributed by atoms with Crippen LogP contribution in [0.1, 0.15) is 34.5 Å². The number of aromatic nitrogens is 2. The Morgan fingerprint density at radius 1 is 1.32 bits per heavy atom. The van der Waals surface area contributed by atoms with Gasteiger partial charge < -0.3 is 9.64 Å². The van der Waals surface area contributed by atoms with E-state index in [-0.39, 0.29) is 0 Å². The first-order valence-corrected chi connectivity index (χ1v) is 8.07. The van der Waals surface area contributed by atoms with Crippen LogP contribution in [0.15, 0.2) is 18.2 Å². The van der Waals surface area contributed by atoms with Crippen molar-refractivity contribution in [3.05, 3.63) is 46.3 Å². The first-order valence-electron chi connectivity index (χ1n) is 8.07. The summed E-state index contributed by atoms with van der Waals surface area (Å²) in [5.74, 6) is 1.07. The zero-order valence-electron chi connectivity index (χ0n) is 13.8. The quantitative estimate of drug-likeness (QED) is 0.891. The van der Waals surface area contributed by atoms with E-state index in [1.165, 1.54) is 22.4 Å². The Hall–Kier alpha value is -1.81. The molecule has 22 heavy (non-hydrogen) atoms. The third-order valence-electron chi connectivity index (χ3n) is 4.45. The van der Waals surface area contributed by atoms with Gasteiger partial charge in [-0.25, -0.2) is 0 Å². The summed E-state index contributed by atoms with van der Waals surface area (Å²) >= 11 is 0. The Morgan fingerprint density at radius 3 is 2.95 bits per heavy atom. The number of nitrogens with zero attached hydrogens (tertiary/aromatic N) is 2. The zero-order chi connectivity index (χ0) is 15.5. The fraction of sp³-hybridized carbons (Fsp3) is 0.500. The molecule has 0 saturated carbocycles. The lowest BCUT2D eigenvalue weighted by atomic mass is 10.1. The number of H-pyrrole nitrogens is 1. The molecule has 1 aliphatic rings. The molecule has 2 aromatic rings. The monoisotopic (exact) mass is 299 g/mol. The second kappa shape index (κ2) is 6.53. The molecule has 3 rings (SSSR count). The van der Waals surface area contributed by atoms with Gasteiger partial charge in [-0.3, -0.25) is 5.10 Å². The number of benzene rings is 1. The van der Waals surface area contributed by atoms with Gasteiger partial charge in [-0.15, -0.1) is 0 Å². The van der Waals surface area contributed by atoms with Gasteiger partial charge in [-0.2, -0.15) is 5.10 Å². The van der Waals surface area contributed by atoms with Gasteiger partial charge in [0.1, 0.15) is 5.75 Å². The highest BCUT2D eigenvalue weighted by atomic mass is 16.5. The highest BCUT2D eigenvalue weighted by molar-refractivity contribution is 5.39. The summed E-state index contributed by atoms with van der Waals surface area (Å²) in [6.45, 7) is 7.10. The van der Waals surface area contributed by atoms with Crippen LogP contribution < -0.4 is 4.74 Å². The second-order valence-electron chi connectivity index (χ2n) is 6.29. The smallest absolute Gasteiger partial charge is 0.122 e. The molecule has 1 aromatic heterocycles. The maximum Gasteiger partial charge on any atom is 0.122 e. The SMILES string of the molecule is Cc1n[nH]c(C)c1CCCN(C)Cc1ccc2c(c1)CCO2. The highest BCUT2D eigenvalue weighted by Crippen LogP contribution is 2.26. The van der Waals surface area contributed by atoms with Crippen LogP contribution in [-0.4, -0.2) is 35.3 Å². The molecule has 0 spiro atoms. The maximum absolute atomic E-state index is 5.56. The van der Waals surface area contributed by atoms with E-state index in [9.17, 15) is 0 Å². The minimum atomic E-state index is 0.831. The summed E-state index contributed by atoms with van der Waals surface area (Å²) in [4.78, 5) is 2.39. The van der Waals surface area contributed by atoms with Crippen molar-refractivity contribution in [3.8, 4) is 5.75 Å². The van der Waals surface area contributed by atoms with Gasteiger partial charge in [-0.05, 0) is 63.0 Å². The molecule has 0 aliphatic carbocycles. The lowest BCUT2D eigenvalue weighted by Gasteiger charge is -2.17. The lowest BCUT2D eigenvalue weighted by Crippen LogP contribution is -2.19. The average Bonchev–Trinajstić information content (AvgIpc) is 3.07. The van der Waals surface area contributed by atoms with E-state index in [1.54, 1.807) is 0 Å². The Labute approximate surface area is 132 Å². The molecule has 0 atom stereocenters. The van der Waals surface area contributed by atoms with E-state index < -0.39 is 0 Å². The summed E-state index contributed by atoms with van der Waals surface area (Å²) in [6, 6.07) is 6.60. The first kappa shape index (κ1) is 15.1. The molecule has 4 nitrogen and oxygen atoms in total. The minimum Gasteiger partial charge on any atom is -0.493 e. The second-order valence-corrected chi connectivity index (χ2v) is 6.29. The minimum absolute atomic E-state index is 0.831. The predicted molar refractivity (Wildman–Crippen MR) is 88.4 cm³/mol. The van der Waals surface area contributed by atoms with E-state index >= 15 is 0 Å². The summed E-state index contributed by atoms with van der Waals surface area (Å²) in [5, 5.41) is 7.33. The van der Waals surface area contributed by atoms with E-state index in [2.05, 4.69) is 54.2 Å². The summed E-state index contributed by atoms with van der Waals surface area (Å²) in [7, 11) is 2.19. The number of aromatic amines is 1. The van der Waals surface area contributed by atoms with Crippen LogP contribution in [0.5, 0.6) is 5.75 Å². The molecule has 118 valence electrons. The van der Waals surface area contributed by atoms with Crippen molar-refractivity contribution in [3.63, 3.8) is 0 Å². The van der Waals surface area contributed by atoms with Crippen LogP contribution in [0.4, 0.5) is 0 Å². The average molecular weight is 299 g/mol. The standard InChI is InChI=1S/C18H25N3O/c1-13-17(14(2)20-19-13)5-4-9-21(3)12-15-6-7-18-16(11-15)8-10-22-18/h6-7,11H,4-5,8-10,12H2,1-3H3,(H,19,20). The van der Waals surface area contributed by atoms with Gasteiger partial charge >= 0.3 is 0 Å². The molecule has 2 heterocycles. The van der Waals surface area contributed by atoms with Crippen molar-refractivity contribution in [1.82, 2.24) is 15.1 Å². The van der Waals surface area contributed by atoms with Crippen molar-refractivity contribution < 1.29 is 4.74 Å². The topological polar surface area (TPSA) is 41.2 Å².